The van der Waals surface area contributed by atoms with Gasteiger partial charge in [-0.25, -0.2) is 8.78 Å². The largest absolute Gasteiger partial charge is 0.365 e. The van der Waals surface area contributed by atoms with Crippen molar-refractivity contribution in [3.63, 3.8) is 0 Å². The molecule has 1 aliphatic rings. The number of rotatable bonds is 7. The lowest BCUT2D eigenvalue weighted by Gasteiger charge is -2.39. The van der Waals surface area contributed by atoms with E-state index in [0.29, 0.717) is 11.6 Å². The van der Waals surface area contributed by atoms with Gasteiger partial charge in [0.1, 0.15) is 17.2 Å². The molecule has 0 saturated heterocycles. The van der Waals surface area contributed by atoms with Crippen LogP contribution in [0.15, 0.2) is 54.7 Å². The van der Waals surface area contributed by atoms with E-state index in [-0.39, 0.29) is 29.4 Å². The second kappa shape index (κ2) is 9.41. The molecule has 1 aliphatic carbocycles. The fraction of sp³-hybridized carbons (Fsp3) is 0.320. The summed E-state index contributed by atoms with van der Waals surface area (Å²) in [6.07, 6.45) is 5.92. The van der Waals surface area contributed by atoms with Crippen LogP contribution in [0.25, 0.3) is 0 Å². The second-order valence-corrected chi connectivity index (χ2v) is 8.67. The normalized spacial score (nSPS) is 20.2. The van der Waals surface area contributed by atoms with Gasteiger partial charge in [0.15, 0.2) is 5.82 Å². The van der Waals surface area contributed by atoms with Gasteiger partial charge in [0, 0.05) is 11.9 Å². The quantitative estimate of drug-likeness (QED) is 0.528. The van der Waals surface area contributed by atoms with Crippen molar-refractivity contribution >= 4 is 17.4 Å². The number of primary amides is 1. The number of nitrogens with one attached hydrogen (secondary N) is 1. The van der Waals surface area contributed by atoms with Crippen LogP contribution in [-0.2, 0) is 12.0 Å². The highest BCUT2D eigenvalue weighted by atomic mass is 19.1. The number of aromatic nitrogens is 2. The molecule has 3 aromatic rings. The van der Waals surface area contributed by atoms with E-state index in [0.717, 1.165) is 37.7 Å². The summed E-state index contributed by atoms with van der Waals surface area (Å²) in [5, 5.41) is 17.2. The van der Waals surface area contributed by atoms with E-state index in [2.05, 4.69) is 16.5 Å². The predicted molar refractivity (Wildman–Crippen MR) is 121 cm³/mol. The van der Waals surface area contributed by atoms with Gasteiger partial charge in [0.05, 0.1) is 18.0 Å². The highest BCUT2D eigenvalue weighted by Gasteiger charge is 2.38. The average molecular weight is 450 g/mol. The number of hydrogen-bond donors (Lipinski definition) is 2. The summed E-state index contributed by atoms with van der Waals surface area (Å²) in [6, 6.07) is 14.6. The summed E-state index contributed by atoms with van der Waals surface area (Å²) < 4.78 is 28.1. The zero-order chi connectivity index (χ0) is 23.4. The maximum Gasteiger partial charge on any atom is 0.254 e. The molecule has 1 saturated carbocycles. The van der Waals surface area contributed by atoms with E-state index >= 15 is 0 Å². The Kier molecular flexibility index (Phi) is 6.40. The van der Waals surface area contributed by atoms with Crippen molar-refractivity contribution in [3.05, 3.63) is 77.5 Å². The Morgan fingerprint density at radius 1 is 1.12 bits per heavy atom. The monoisotopic (exact) mass is 449 g/mol. The van der Waals surface area contributed by atoms with Crippen molar-refractivity contribution in [1.29, 1.82) is 5.26 Å². The third-order valence-corrected chi connectivity index (χ3v) is 6.45. The molecule has 1 fully saturated rings. The number of amides is 1. The first kappa shape index (κ1) is 22.5. The molecule has 0 spiro atoms. The van der Waals surface area contributed by atoms with Crippen LogP contribution in [0.2, 0.25) is 0 Å². The molecule has 0 unspecified atom stereocenters. The molecule has 3 N–H and O–H groups in total. The maximum atomic E-state index is 13.2. The minimum atomic E-state index is -0.636. The molecule has 0 atom stereocenters. The Balaban J connectivity index is 1.55. The zero-order valence-electron chi connectivity index (χ0n) is 18.1. The standard InChI is InChI=1S/C25H25F2N5O/c26-19-3-1-17(2-4-19)15-18-9-11-25(12-10-18,13-14-28)32-16-22(23(29)33)24(31-32)30-21-7-5-20(27)6-8-21/h1-8,16,18H,9-13,15H2,(H2,29,33)(H,30,31). The number of halogens is 2. The number of carbonyl (C=O) groups is 1. The number of nitriles is 1. The second-order valence-electron chi connectivity index (χ2n) is 8.67. The van der Waals surface area contributed by atoms with Gasteiger partial charge >= 0.3 is 0 Å². The smallest absolute Gasteiger partial charge is 0.254 e. The van der Waals surface area contributed by atoms with Gasteiger partial charge in [-0.15, -0.1) is 0 Å². The molecule has 6 nitrogen and oxygen atoms in total. The van der Waals surface area contributed by atoms with Crippen LogP contribution < -0.4 is 11.1 Å². The lowest BCUT2D eigenvalue weighted by molar-refractivity contribution is 0.1000. The molecule has 4 rings (SSSR count). The van der Waals surface area contributed by atoms with E-state index in [1.807, 2.05) is 12.1 Å². The fourth-order valence-electron chi connectivity index (χ4n) is 4.57. The summed E-state index contributed by atoms with van der Waals surface area (Å²) in [4.78, 5) is 12.1. The minimum Gasteiger partial charge on any atom is -0.365 e. The van der Waals surface area contributed by atoms with Gasteiger partial charge in [-0.3, -0.25) is 9.48 Å². The molecular formula is C25H25F2N5O. The average Bonchev–Trinajstić information content (AvgIpc) is 3.23. The fourth-order valence-corrected chi connectivity index (χ4v) is 4.57. The first-order valence-corrected chi connectivity index (χ1v) is 10.9. The Bertz CT molecular complexity index is 1160. The Morgan fingerprint density at radius 3 is 2.30 bits per heavy atom. The molecular weight excluding hydrogens is 424 g/mol. The molecule has 1 aromatic heterocycles. The SMILES string of the molecule is N#CCC1(n2cc(C(N)=O)c(Nc3ccc(F)cc3)n2)CCC(Cc2ccc(F)cc2)CC1. The Hall–Kier alpha value is -3.73. The van der Waals surface area contributed by atoms with Crippen molar-refractivity contribution in [1.82, 2.24) is 9.78 Å². The molecule has 1 heterocycles. The van der Waals surface area contributed by atoms with Crippen LogP contribution in [0.5, 0.6) is 0 Å². The number of nitrogens with zero attached hydrogens (tertiary/aromatic N) is 3. The van der Waals surface area contributed by atoms with Gasteiger partial charge in [-0.1, -0.05) is 12.1 Å². The van der Waals surface area contributed by atoms with E-state index in [9.17, 15) is 18.8 Å². The topological polar surface area (TPSA) is 96.7 Å². The molecule has 8 heteroatoms. The Morgan fingerprint density at radius 2 is 1.73 bits per heavy atom. The molecule has 170 valence electrons. The van der Waals surface area contributed by atoms with Crippen molar-refractivity contribution in [2.75, 3.05) is 5.32 Å². The van der Waals surface area contributed by atoms with Gasteiger partial charge in [0.2, 0.25) is 0 Å². The molecule has 0 radical (unpaired) electrons. The predicted octanol–water partition coefficient (Wildman–Crippen LogP) is 5.05. The first-order chi connectivity index (χ1) is 15.9. The number of hydrogen-bond acceptors (Lipinski definition) is 4. The van der Waals surface area contributed by atoms with Gasteiger partial charge in [-0.05, 0) is 80.0 Å². The summed E-state index contributed by atoms with van der Waals surface area (Å²) in [6.45, 7) is 0. The Labute approximate surface area is 191 Å². The van der Waals surface area contributed by atoms with E-state index in [1.54, 1.807) is 23.0 Å². The van der Waals surface area contributed by atoms with Crippen molar-refractivity contribution in [2.24, 2.45) is 11.7 Å². The van der Waals surface area contributed by atoms with Crippen molar-refractivity contribution in [2.45, 2.75) is 44.1 Å². The van der Waals surface area contributed by atoms with Crippen LogP contribution in [0.3, 0.4) is 0 Å². The van der Waals surface area contributed by atoms with Crippen LogP contribution >= 0.6 is 0 Å². The van der Waals surface area contributed by atoms with Crippen LogP contribution in [0.1, 0.15) is 48.0 Å². The first-order valence-electron chi connectivity index (χ1n) is 10.9. The van der Waals surface area contributed by atoms with Crippen LogP contribution in [0.4, 0.5) is 20.3 Å². The summed E-state index contributed by atoms with van der Waals surface area (Å²) in [5.74, 6) is -0.552. The minimum absolute atomic E-state index is 0.213. The third kappa shape index (κ3) is 5.03. The van der Waals surface area contributed by atoms with E-state index in [4.69, 9.17) is 5.73 Å². The molecule has 0 aliphatic heterocycles. The van der Waals surface area contributed by atoms with Gasteiger partial charge < -0.3 is 11.1 Å². The molecule has 2 aromatic carbocycles. The van der Waals surface area contributed by atoms with Gasteiger partial charge in [-0.2, -0.15) is 10.4 Å². The summed E-state index contributed by atoms with van der Waals surface area (Å²) in [7, 11) is 0. The van der Waals surface area contributed by atoms with Crippen LogP contribution in [0, 0.1) is 28.9 Å². The highest BCUT2D eigenvalue weighted by Crippen LogP contribution is 2.41. The van der Waals surface area contributed by atoms with Crippen molar-refractivity contribution < 1.29 is 13.6 Å². The summed E-state index contributed by atoms with van der Waals surface area (Å²) in [5.41, 5.74) is 6.92. The van der Waals surface area contributed by atoms with E-state index < -0.39 is 11.4 Å². The number of nitrogens with two attached hydrogens (primary N) is 1. The summed E-state index contributed by atoms with van der Waals surface area (Å²) >= 11 is 0. The number of anilines is 2. The lowest BCUT2D eigenvalue weighted by Crippen LogP contribution is -2.38. The zero-order valence-corrected chi connectivity index (χ0v) is 18.1. The lowest BCUT2D eigenvalue weighted by atomic mass is 9.73. The number of benzene rings is 2. The van der Waals surface area contributed by atoms with Gasteiger partial charge in [0.25, 0.3) is 5.91 Å². The van der Waals surface area contributed by atoms with E-state index in [1.165, 1.54) is 24.3 Å². The molecule has 33 heavy (non-hydrogen) atoms. The number of carbonyl (C=O) groups excluding carboxylic acids is 1. The maximum absolute atomic E-state index is 13.2. The van der Waals surface area contributed by atoms with Crippen molar-refractivity contribution in [3.8, 4) is 6.07 Å². The third-order valence-electron chi connectivity index (χ3n) is 6.45. The van der Waals surface area contributed by atoms with Crippen LogP contribution in [-0.4, -0.2) is 15.7 Å². The molecule has 1 amide bonds. The highest BCUT2D eigenvalue weighted by molar-refractivity contribution is 5.98. The molecule has 0 bridgehead atoms.